The first-order chi connectivity index (χ1) is 12.5. The number of thiazole rings is 1. The van der Waals surface area contributed by atoms with Gasteiger partial charge in [0.05, 0.1) is 12.2 Å². The van der Waals surface area contributed by atoms with E-state index in [9.17, 15) is 4.79 Å². The van der Waals surface area contributed by atoms with Crippen LogP contribution in [0, 0.1) is 0 Å². The second kappa shape index (κ2) is 6.89. The van der Waals surface area contributed by atoms with E-state index in [4.69, 9.17) is 11.6 Å². The molecule has 1 aliphatic heterocycles. The van der Waals surface area contributed by atoms with Crippen LogP contribution in [0.15, 0.2) is 24.3 Å². The smallest absolute Gasteiger partial charge is 0.317 e. The fourth-order valence-electron chi connectivity index (χ4n) is 2.99. The first kappa shape index (κ1) is 17.3. The van der Waals surface area contributed by atoms with Crippen molar-refractivity contribution in [2.75, 3.05) is 6.54 Å². The van der Waals surface area contributed by atoms with Gasteiger partial charge in [0.1, 0.15) is 0 Å². The Morgan fingerprint density at radius 1 is 1.38 bits per heavy atom. The van der Waals surface area contributed by atoms with Crippen LogP contribution in [0.3, 0.4) is 0 Å². The number of carbonyl (C=O) groups is 1. The Bertz CT molecular complexity index is 949. The summed E-state index contributed by atoms with van der Waals surface area (Å²) in [6, 6.07) is 7.73. The predicted octanol–water partition coefficient (Wildman–Crippen LogP) is 3.98. The summed E-state index contributed by atoms with van der Waals surface area (Å²) >= 11 is 7.56. The van der Waals surface area contributed by atoms with Crippen LogP contribution in [0.2, 0.25) is 5.02 Å². The summed E-state index contributed by atoms with van der Waals surface area (Å²) in [6.07, 6.45) is 1.71. The van der Waals surface area contributed by atoms with Crippen LogP contribution < -0.4 is 5.32 Å². The van der Waals surface area contributed by atoms with Crippen LogP contribution in [0.25, 0.3) is 16.3 Å². The zero-order chi connectivity index (χ0) is 18.3. The molecule has 3 aromatic rings. The van der Waals surface area contributed by atoms with Gasteiger partial charge in [-0.1, -0.05) is 29.9 Å². The largest absolute Gasteiger partial charge is 0.336 e. The van der Waals surface area contributed by atoms with Gasteiger partial charge in [-0.05, 0) is 37.6 Å². The monoisotopic (exact) mass is 389 g/mol. The molecule has 2 amide bonds. The zero-order valence-corrected chi connectivity index (χ0v) is 16.3. The number of halogens is 1. The van der Waals surface area contributed by atoms with E-state index in [2.05, 4.69) is 22.3 Å². The Morgan fingerprint density at radius 2 is 2.15 bits per heavy atom. The van der Waals surface area contributed by atoms with Crippen molar-refractivity contribution in [3.63, 3.8) is 0 Å². The molecule has 136 valence electrons. The van der Waals surface area contributed by atoms with Crippen LogP contribution >= 0.6 is 22.9 Å². The van der Waals surface area contributed by atoms with E-state index in [1.165, 1.54) is 0 Å². The second-order valence-electron chi connectivity index (χ2n) is 6.54. The topological polar surface area (TPSA) is 62.5 Å². The molecule has 8 heteroatoms. The van der Waals surface area contributed by atoms with Crippen molar-refractivity contribution >= 4 is 33.9 Å². The Morgan fingerprint density at radius 3 is 2.88 bits per heavy atom. The van der Waals surface area contributed by atoms with Crippen LogP contribution in [0.4, 0.5) is 4.79 Å². The zero-order valence-electron chi connectivity index (χ0n) is 14.7. The minimum absolute atomic E-state index is 0.00542. The molecule has 6 nitrogen and oxygen atoms in total. The van der Waals surface area contributed by atoms with Gasteiger partial charge < -0.3 is 10.2 Å². The van der Waals surface area contributed by atoms with Crippen LogP contribution in [0.1, 0.15) is 30.8 Å². The number of carbonyl (C=O) groups excluding carboxylic acids is 1. The van der Waals surface area contributed by atoms with Gasteiger partial charge in [-0.2, -0.15) is 4.98 Å². The Hall–Kier alpha value is -2.12. The molecular formula is C18H20ClN5OS. The number of rotatable bonds is 3. The number of aromatic nitrogens is 3. The van der Waals surface area contributed by atoms with E-state index in [-0.39, 0.29) is 12.1 Å². The fourth-order valence-corrected chi connectivity index (χ4v) is 4.23. The van der Waals surface area contributed by atoms with Crippen molar-refractivity contribution in [3.05, 3.63) is 39.9 Å². The van der Waals surface area contributed by atoms with E-state index in [1.54, 1.807) is 11.3 Å². The normalized spacial score (nSPS) is 15.1. The van der Waals surface area contributed by atoms with Crippen LogP contribution in [-0.2, 0) is 13.0 Å². The maximum absolute atomic E-state index is 12.4. The molecule has 0 saturated heterocycles. The van der Waals surface area contributed by atoms with Crippen LogP contribution in [0.5, 0.6) is 0 Å². The minimum atomic E-state index is 0.00542. The molecule has 1 atom stereocenters. The van der Waals surface area contributed by atoms with E-state index in [0.717, 1.165) is 33.9 Å². The lowest BCUT2D eigenvalue weighted by Gasteiger charge is -2.28. The highest BCUT2D eigenvalue weighted by molar-refractivity contribution is 7.17. The van der Waals surface area contributed by atoms with E-state index in [0.29, 0.717) is 23.9 Å². The Labute approximate surface area is 160 Å². The van der Waals surface area contributed by atoms with Gasteiger partial charge in [-0.3, -0.25) is 0 Å². The Kier molecular flexibility index (Phi) is 4.58. The third-order valence-corrected chi connectivity index (χ3v) is 6.00. The van der Waals surface area contributed by atoms with Gasteiger partial charge in [0, 0.05) is 34.5 Å². The van der Waals surface area contributed by atoms with Crippen molar-refractivity contribution < 1.29 is 4.79 Å². The van der Waals surface area contributed by atoms with Gasteiger partial charge >= 0.3 is 6.03 Å². The SMILES string of the molecule is CC[C@H](C)NC(=O)N1CCc2c(sc3nc(-c4ccc(Cl)cc4)nn23)C1. The van der Waals surface area contributed by atoms with Crippen molar-refractivity contribution in [1.29, 1.82) is 0 Å². The molecule has 0 bridgehead atoms. The molecule has 1 aromatic carbocycles. The highest BCUT2D eigenvalue weighted by Gasteiger charge is 2.26. The number of benzene rings is 1. The quantitative estimate of drug-likeness (QED) is 0.737. The Balaban J connectivity index is 1.57. The van der Waals surface area contributed by atoms with Crippen LogP contribution in [-0.4, -0.2) is 38.1 Å². The highest BCUT2D eigenvalue weighted by atomic mass is 35.5. The third-order valence-electron chi connectivity index (χ3n) is 4.69. The molecule has 0 fully saturated rings. The lowest BCUT2D eigenvalue weighted by Crippen LogP contribution is -2.45. The molecule has 0 saturated carbocycles. The molecular weight excluding hydrogens is 370 g/mol. The number of nitrogens with one attached hydrogen (secondary N) is 1. The molecule has 26 heavy (non-hydrogen) atoms. The van der Waals surface area contributed by atoms with E-state index < -0.39 is 0 Å². The van der Waals surface area contributed by atoms with Gasteiger partial charge in [-0.15, -0.1) is 5.10 Å². The molecule has 0 radical (unpaired) electrons. The lowest BCUT2D eigenvalue weighted by atomic mass is 10.2. The first-order valence-electron chi connectivity index (χ1n) is 8.74. The van der Waals surface area contributed by atoms with Gasteiger partial charge in [-0.25, -0.2) is 9.31 Å². The number of fused-ring (bicyclic) bond motifs is 3. The molecule has 0 aliphatic carbocycles. The molecule has 1 aliphatic rings. The van der Waals surface area contributed by atoms with E-state index >= 15 is 0 Å². The van der Waals surface area contributed by atoms with Crippen molar-refractivity contribution in [2.45, 2.75) is 39.3 Å². The van der Waals surface area contributed by atoms with Crippen molar-refractivity contribution in [3.8, 4) is 11.4 Å². The average molecular weight is 390 g/mol. The number of hydrogen-bond donors (Lipinski definition) is 1. The van der Waals surface area contributed by atoms with Gasteiger partial charge in [0.25, 0.3) is 0 Å². The maximum Gasteiger partial charge on any atom is 0.317 e. The summed E-state index contributed by atoms with van der Waals surface area (Å²) in [5.41, 5.74) is 2.11. The molecule has 2 aromatic heterocycles. The molecule has 1 N–H and O–H groups in total. The number of hydrogen-bond acceptors (Lipinski definition) is 4. The second-order valence-corrected chi connectivity index (χ2v) is 8.04. The number of nitrogens with zero attached hydrogens (tertiary/aromatic N) is 4. The third kappa shape index (κ3) is 3.17. The standard InChI is InChI=1S/C18H20ClN5OS/c1-3-11(2)20-17(25)23-9-8-14-15(10-23)26-18-21-16(22-24(14)18)12-4-6-13(19)7-5-12/h4-7,11H,3,8-10H2,1-2H3,(H,20,25)/t11-/m0/s1. The van der Waals surface area contributed by atoms with Gasteiger partial charge in [0.2, 0.25) is 4.96 Å². The van der Waals surface area contributed by atoms with Gasteiger partial charge in [0.15, 0.2) is 5.82 Å². The summed E-state index contributed by atoms with van der Waals surface area (Å²) in [7, 11) is 0. The van der Waals surface area contributed by atoms with Crippen molar-refractivity contribution in [2.24, 2.45) is 0 Å². The summed E-state index contributed by atoms with van der Waals surface area (Å²) < 4.78 is 1.92. The number of urea groups is 1. The lowest BCUT2D eigenvalue weighted by molar-refractivity contribution is 0.189. The minimum Gasteiger partial charge on any atom is -0.336 e. The fraction of sp³-hybridized carbons (Fsp3) is 0.389. The predicted molar refractivity (Wildman–Crippen MR) is 104 cm³/mol. The number of amides is 2. The maximum atomic E-state index is 12.4. The summed E-state index contributed by atoms with van der Waals surface area (Å²) in [6.45, 7) is 5.40. The summed E-state index contributed by atoms with van der Waals surface area (Å²) in [4.78, 5) is 20.9. The van der Waals surface area contributed by atoms with Crippen molar-refractivity contribution in [1.82, 2.24) is 24.8 Å². The summed E-state index contributed by atoms with van der Waals surface area (Å²) in [5, 5.41) is 8.40. The highest BCUT2D eigenvalue weighted by Crippen LogP contribution is 2.29. The molecule has 4 rings (SSSR count). The van der Waals surface area contributed by atoms with E-state index in [1.807, 2.05) is 40.6 Å². The molecule has 0 spiro atoms. The summed E-state index contributed by atoms with van der Waals surface area (Å²) in [5.74, 6) is 0.702. The average Bonchev–Trinajstić information content (AvgIpc) is 3.19. The molecule has 3 heterocycles. The first-order valence-corrected chi connectivity index (χ1v) is 9.93. The molecule has 0 unspecified atom stereocenters.